The van der Waals surface area contributed by atoms with Crippen LogP contribution in [0.2, 0.25) is 0 Å². The zero-order valence-corrected chi connectivity index (χ0v) is 18.5. The average molecular weight is 440 g/mol. The first kappa shape index (κ1) is 20.2. The molecule has 0 radical (unpaired) electrons. The number of fused-ring (bicyclic) bond motifs is 1. The van der Waals surface area contributed by atoms with E-state index in [0.717, 1.165) is 26.8 Å². The predicted molar refractivity (Wildman–Crippen MR) is 129 cm³/mol. The van der Waals surface area contributed by atoms with E-state index in [0.29, 0.717) is 11.3 Å². The Morgan fingerprint density at radius 2 is 1.62 bits per heavy atom. The summed E-state index contributed by atoms with van der Waals surface area (Å²) in [4.78, 5) is 29.0. The normalized spacial score (nSPS) is 17.9. The Hall–Kier alpha value is -3.70. The van der Waals surface area contributed by atoms with Crippen LogP contribution < -0.4 is 4.90 Å². The molecule has 1 unspecified atom stereocenters. The lowest BCUT2D eigenvalue weighted by Crippen LogP contribution is -2.29. The van der Waals surface area contributed by atoms with Gasteiger partial charge in [0, 0.05) is 16.1 Å². The number of aliphatic hydroxyl groups excluding tert-OH is 1. The van der Waals surface area contributed by atoms with E-state index < -0.39 is 17.7 Å². The number of nitrogens with zero attached hydrogens (tertiary/aromatic N) is 1. The van der Waals surface area contributed by atoms with E-state index in [4.69, 9.17) is 0 Å². The molecule has 32 heavy (non-hydrogen) atoms. The Morgan fingerprint density at radius 3 is 2.34 bits per heavy atom. The van der Waals surface area contributed by atoms with Crippen molar-refractivity contribution in [2.45, 2.75) is 19.9 Å². The third kappa shape index (κ3) is 3.13. The van der Waals surface area contributed by atoms with Crippen molar-refractivity contribution in [2.75, 3.05) is 4.90 Å². The fraction of sp³-hybridized carbons (Fsp3) is 0.111. The van der Waals surface area contributed by atoms with Crippen molar-refractivity contribution >= 4 is 45.2 Å². The van der Waals surface area contributed by atoms with Gasteiger partial charge in [-0.1, -0.05) is 60.2 Å². The minimum Gasteiger partial charge on any atom is -0.507 e. The van der Waals surface area contributed by atoms with Crippen LogP contribution in [0.5, 0.6) is 0 Å². The van der Waals surface area contributed by atoms with Crippen LogP contribution in [-0.2, 0) is 9.59 Å². The Labute approximate surface area is 190 Å². The molecule has 0 aliphatic carbocycles. The topological polar surface area (TPSA) is 57.6 Å². The molecule has 4 aromatic rings. The first-order valence-electron chi connectivity index (χ1n) is 10.4. The minimum atomic E-state index is -0.684. The summed E-state index contributed by atoms with van der Waals surface area (Å²) < 4.78 is 0. The number of thiophene rings is 1. The summed E-state index contributed by atoms with van der Waals surface area (Å²) in [6, 6.07) is 22.1. The van der Waals surface area contributed by atoms with Crippen molar-refractivity contribution in [3.63, 3.8) is 0 Å². The van der Waals surface area contributed by atoms with Crippen LogP contribution in [0.15, 0.2) is 83.7 Å². The number of hydrogen-bond donors (Lipinski definition) is 1. The zero-order chi connectivity index (χ0) is 22.4. The van der Waals surface area contributed by atoms with Gasteiger partial charge in [-0.25, -0.2) is 0 Å². The van der Waals surface area contributed by atoms with Gasteiger partial charge in [0.15, 0.2) is 0 Å². The van der Waals surface area contributed by atoms with Gasteiger partial charge in [0.2, 0.25) is 0 Å². The number of carbonyl (C=O) groups excluding carboxylic acids is 2. The number of aliphatic hydroxyl groups is 1. The van der Waals surface area contributed by atoms with Gasteiger partial charge in [-0.2, -0.15) is 0 Å². The number of Topliss-reactive ketones (excluding diaryl/α,β-unsaturated/α-hetero) is 1. The first-order chi connectivity index (χ1) is 15.5. The number of hydrogen-bond acceptors (Lipinski definition) is 4. The molecule has 5 rings (SSSR count). The van der Waals surface area contributed by atoms with Gasteiger partial charge in [0.25, 0.3) is 11.7 Å². The van der Waals surface area contributed by atoms with E-state index in [9.17, 15) is 14.7 Å². The monoisotopic (exact) mass is 439 g/mol. The van der Waals surface area contributed by atoms with E-state index in [1.54, 1.807) is 6.07 Å². The van der Waals surface area contributed by atoms with Crippen molar-refractivity contribution in [3.8, 4) is 0 Å². The van der Waals surface area contributed by atoms with Crippen molar-refractivity contribution in [3.05, 3.63) is 105 Å². The molecule has 1 fully saturated rings. The average Bonchev–Trinajstić information content (AvgIpc) is 3.34. The smallest absolute Gasteiger partial charge is 0.300 e. The summed E-state index contributed by atoms with van der Waals surface area (Å²) in [6.07, 6.45) is 0. The molecule has 1 N–H and O–H groups in total. The van der Waals surface area contributed by atoms with Crippen molar-refractivity contribution in [1.29, 1.82) is 0 Å². The molecule has 1 atom stereocenters. The summed E-state index contributed by atoms with van der Waals surface area (Å²) in [5, 5.41) is 15.2. The highest BCUT2D eigenvalue weighted by molar-refractivity contribution is 7.10. The van der Waals surface area contributed by atoms with E-state index in [1.807, 2.05) is 86.0 Å². The lowest BCUT2D eigenvalue weighted by Gasteiger charge is -2.25. The summed E-state index contributed by atoms with van der Waals surface area (Å²) >= 11 is 1.48. The Kier molecular flexibility index (Phi) is 4.91. The SMILES string of the molecule is Cc1ccc(N2C(=O)C(=O)/C(=C(/O)c3cccc4ccccc34)C2c2sccc2C)cc1. The maximum Gasteiger partial charge on any atom is 0.300 e. The molecule has 0 spiro atoms. The van der Waals surface area contributed by atoms with Crippen molar-refractivity contribution in [2.24, 2.45) is 0 Å². The van der Waals surface area contributed by atoms with Crippen LogP contribution in [0.4, 0.5) is 5.69 Å². The second-order valence-corrected chi connectivity index (χ2v) is 8.95. The molecule has 1 aliphatic rings. The molecular formula is C27H21NO3S. The highest BCUT2D eigenvalue weighted by Gasteiger charge is 2.48. The number of benzene rings is 3. The lowest BCUT2D eigenvalue weighted by atomic mass is 9.95. The largest absolute Gasteiger partial charge is 0.507 e. The molecule has 4 nitrogen and oxygen atoms in total. The maximum absolute atomic E-state index is 13.3. The zero-order valence-electron chi connectivity index (χ0n) is 17.7. The van der Waals surface area contributed by atoms with E-state index in [-0.39, 0.29) is 11.3 Å². The quantitative estimate of drug-likeness (QED) is 0.237. The van der Waals surface area contributed by atoms with Crippen LogP contribution in [0.25, 0.3) is 16.5 Å². The molecule has 0 saturated carbocycles. The minimum absolute atomic E-state index is 0.123. The summed E-state index contributed by atoms with van der Waals surface area (Å²) in [5.41, 5.74) is 3.34. The van der Waals surface area contributed by atoms with Crippen LogP contribution >= 0.6 is 11.3 Å². The second-order valence-electron chi connectivity index (χ2n) is 8.00. The predicted octanol–water partition coefficient (Wildman–Crippen LogP) is 6.14. The number of amides is 1. The van der Waals surface area contributed by atoms with Gasteiger partial charge in [-0.05, 0) is 53.8 Å². The summed E-state index contributed by atoms with van der Waals surface area (Å²) in [5.74, 6) is -1.45. The molecule has 1 saturated heterocycles. The highest BCUT2D eigenvalue weighted by atomic mass is 32.1. The van der Waals surface area contributed by atoms with Crippen molar-refractivity contribution < 1.29 is 14.7 Å². The van der Waals surface area contributed by atoms with E-state index in [2.05, 4.69) is 0 Å². The van der Waals surface area contributed by atoms with Gasteiger partial charge in [0.1, 0.15) is 11.8 Å². The number of ketones is 1. The van der Waals surface area contributed by atoms with E-state index in [1.165, 1.54) is 16.2 Å². The molecule has 1 aromatic heterocycles. The highest BCUT2D eigenvalue weighted by Crippen LogP contribution is 2.45. The van der Waals surface area contributed by atoms with Crippen LogP contribution in [0, 0.1) is 13.8 Å². The molecule has 3 aromatic carbocycles. The molecule has 0 bridgehead atoms. The Bertz CT molecular complexity index is 1390. The van der Waals surface area contributed by atoms with Gasteiger partial charge in [-0.3, -0.25) is 14.5 Å². The summed E-state index contributed by atoms with van der Waals surface area (Å²) in [7, 11) is 0. The molecular weight excluding hydrogens is 418 g/mol. The third-order valence-electron chi connectivity index (χ3n) is 5.95. The Morgan fingerprint density at radius 1 is 0.906 bits per heavy atom. The fourth-order valence-corrected chi connectivity index (χ4v) is 5.32. The fourth-order valence-electron chi connectivity index (χ4n) is 4.29. The molecule has 2 heterocycles. The van der Waals surface area contributed by atoms with E-state index >= 15 is 0 Å². The number of rotatable bonds is 3. The number of anilines is 1. The molecule has 1 amide bonds. The van der Waals surface area contributed by atoms with Crippen LogP contribution in [0.1, 0.15) is 27.6 Å². The molecule has 158 valence electrons. The summed E-state index contributed by atoms with van der Waals surface area (Å²) in [6.45, 7) is 3.93. The van der Waals surface area contributed by atoms with Gasteiger partial charge < -0.3 is 5.11 Å². The second kappa shape index (κ2) is 7.77. The Balaban J connectivity index is 1.78. The lowest BCUT2D eigenvalue weighted by molar-refractivity contribution is -0.132. The van der Waals surface area contributed by atoms with Gasteiger partial charge in [-0.15, -0.1) is 11.3 Å². The van der Waals surface area contributed by atoms with Crippen LogP contribution in [-0.4, -0.2) is 16.8 Å². The van der Waals surface area contributed by atoms with Crippen molar-refractivity contribution in [1.82, 2.24) is 0 Å². The number of carbonyl (C=O) groups is 2. The van der Waals surface area contributed by atoms with Gasteiger partial charge >= 0.3 is 0 Å². The van der Waals surface area contributed by atoms with Gasteiger partial charge in [0.05, 0.1) is 5.57 Å². The number of aryl methyl sites for hydroxylation is 2. The first-order valence-corrected chi connectivity index (χ1v) is 11.2. The van der Waals surface area contributed by atoms with Crippen LogP contribution in [0.3, 0.4) is 0 Å². The molecule has 1 aliphatic heterocycles. The standard InChI is InChI=1S/C27H21NO3S/c1-16-10-12-19(13-11-16)28-23(26-17(2)14-15-32-26)22(25(30)27(28)31)24(29)21-9-5-7-18-6-3-4-8-20(18)21/h3-15,23,29H,1-2H3/b24-22+. The molecule has 5 heteroatoms. The maximum atomic E-state index is 13.3. The third-order valence-corrected chi connectivity index (χ3v) is 7.02.